The van der Waals surface area contributed by atoms with Crippen LogP contribution in [0.4, 0.5) is 10.1 Å². The zero-order chi connectivity index (χ0) is 19.3. The van der Waals surface area contributed by atoms with Crippen LogP contribution in [-0.2, 0) is 12.8 Å². The molecule has 27 heavy (non-hydrogen) atoms. The number of hydrogen-bond acceptors (Lipinski definition) is 4. The molecule has 2 aromatic heterocycles. The highest BCUT2D eigenvalue weighted by molar-refractivity contribution is 7.21. The number of nitrogens with zero attached hydrogens (tertiary/aromatic N) is 1. The van der Waals surface area contributed by atoms with E-state index in [9.17, 15) is 9.18 Å². The highest BCUT2D eigenvalue weighted by atomic mass is 32.1. The van der Waals surface area contributed by atoms with Gasteiger partial charge in [-0.05, 0) is 66.5 Å². The van der Waals surface area contributed by atoms with Gasteiger partial charge in [0.1, 0.15) is 15.5 Å². The molecular weight excluding hydrogens is 359 g/mol. The van der Waals surface area contributed by atoms with Crippen LogP contribution in [-0.4, -0.2) is 10.8 Å². The van der Waals surface area contributed by atoms with Gasteiger partial charge in [-0.2, -0.15) is 0 Å². The van der Waals surface area contributed by atoms with E-state index in [1.807, 2.05) is 0 Å². The summed E-state index contributed by atoms with van der Waals surface area (Å²) in [4.78, 5) is 19.0. The Kier molecular flexibility index (Phi) is 4.30. The van der Waals surface area contributed by atoms with E-state index in [0.29, 0.717) is 22.0 Å². The molecule has 0 spiro atoms. The summed E-state index contributed by atoms with van der Waals surface area (Å²) < 4.78 is 13.1. The summed E-state index contributed by atoms with van der Waals surface area (Å²) in [5.74, 6) is 0.0732. The Morgan fingerprint density at radius 1 is 1.26 bits per heavy atom. The van der Waals surface area contributed by atoms with Crippen molar-refractivity contribution < 1.29 is 9.18 Å². The molecule has 1 aromatic carbocycles. The number of carbonyl (C=O) groups excluding carboxylic acids is 1. The number of benzene rings is 1. The Hall–Kier alpha value is -2.27. The standard InChI is InChI=1S/C22H23FN2OS/c1-22(2,3)14-6-9-17-13(10-14)11-16-18(24)20(27-21(16)25-17)19(26)12-4-7-15(23)8-5-12/h4-5,7-8,11,14H,6,9-10,24H2,1-3H3. The molecule has 0 amide bonds. The van der Waals surface area contributed by atoms with Crippen LogP contribution in [0.3, 0.4) is 0 Å². The molecule has 5 heteroatoms. The monoisotopic (exact) mass is 382 g/mol. The van der Waals surface area contributed by atoms with Gasteiger partial charge < -0.3 is 5.73 Å². The molecule has 0 saturated carbocycles. The molecule has 140 valence electrons. The molecule has 1 unspecified atom stereocenters. The van der Waals surface area contributed by atoms with Gasteiger partial charge in [-0.15, -0.1) is 11.3 Å². The second-order valence-corrected chi connectivity index (χ2v) is 9.43. The molecule has 1 atom stereocenters. The van der Waals surface area contributed by atoms with E-state index in [2.05, 4.69) is 26.8 Å². The van der Waals surface area contributed by atoms with Crippen LogP contribution in [0, 0.1) is 17.2 Å². The molecule has 0 bridgehead atoms. The summed E-state index contributed by atoms with van der Waals surface area (Å²) in [7, 11) is 0. The van der Waals surface area contributed by atoms with Gasteiger partial charge in [-0.1, -0.05) is 20.8 Å². The van der Waals surface area contributed by atoms with Crippen LogP contribution in [0.15, 0.2) is 30.3 Å². The fourth-order valence-corrected chi connectivity index (χ4v) is 4.89. The molecule has 0 radical (unpaired) electrons. The van der Waals surface area contributed by atoms with Gasteiger partial charge in [0.2, 0.25) is 5.78 Å². The van der Waals surface area contributed by atoms with E-state index < -0.39 is 0 Å². The number of ketones is 1. The molecule has 3 aromatic rings. The van der Waals surface area contributed by atoms with Crippen LogP contribution >= 0.6 is 11.3 Å². The first-order chi connectivity index (χ1) is 12.7. The Morgan fingerprint density at radius 2 is 1.96 bits per heavy atom. The maximum absolute atomic E-state index is 13.1. The predicted octanol–water partition coefficient (Wildman–Crippen LogP) is 5.40. The second-order valence-electron chi connectivity index (χ2n) is 8.43. The Labute approximate surface area is 162 Å². The number of aromatic nitrogens is 1. The van der Waals surface area contributed by atoms with Gasteiger partial charge in [0, 0.05) is 16.6 Å². The van der Waals surface area contributed by atoms with E-state index in [4.69, 9.17) is 10.7 Å². The average Bonchev–Trinajstić information content (AvgIpc) is 2.94. The molecular formula is C22H23FN2OS. The second kappa shape index (κ2) is 6.41. The third kappa shape index (κ3) is 3.25. The van der Waals surface area contributed by atoms with E-state index in [1.54, 1.807) is 0 Å². The molecule has 1 aliphatic rings. The van der Waals surface area contributed by atoms with Crippen molar-refractivity contribution in [2.24, 2.45) is 11.3 Å². The topological polar surface area (TPSA) is 56.0 Å². The number of carbonyl (C=O) groups is 1. The molecule has 1 aliphatic carbocycles. The maximum Gasteiger partial charge on any atom is 0.205 e. The minimum Gasteiger partial charge on any atom is -0.397 e. The van der Waals surface area contributed by atoms with Gasteiger partial charge in [-0.25, -0.2) is 9.37 Å². The van der Waals surface area contributed by atoms with Gasteiger partial charge >= 0.3 is 0 Å². The van der Waals surface area contributed by atoms with Crippen molar-refractivity contribution in [2.75, 3.05) is 5.73 Å². The van der Waals surface area contributed by atoms with Gasteiger partial charge in [0.25, 0.3) is 0 Å². The minimum absolute atomic E-state index is 0.180. The number of hydrogen-bond donors (Lipinski definition) is 1. The normalized spacial score (nSPS) is 17.1. The maximum atomic E-state index is 13.1. The lowest BCUT2D eigenvalue weighted by atomic mass is 9.71. The molecule has 3 nitrogen and oxygen atoms in total. The molecule has 2 N–H and O–H groups in total. The minimum atomic E-state index is -0.362. The number of thiophene rings is 1. The van der Waals surface area contributed by atoms with Crippen molar-refractivity contribution >= 4 is 33.0 Å². The largest absolute Gasteiger partial charge is 0.397 e. The smallest absolute Gasteiger partial charge is 0.205 e. The number of nitrogen functional groups attached to an aromatic ring is 1. The zero-order valence-corrected chi connectivity index (χ0v) is 16.6. The predicted molar refractivity (Wildman–Crippen MR) is 109 cm³/mol. The number of anilines is 1. The van der Waals surface area contributed by atoms with E-state index in [-0.39, 0.29) is 17.0 Å². The van der Waals surface area contributed by atoms with Gasteiger partial charge in [-0.3, -0.25) is 4.79 Å². The van der Waals surface area contributed by atoms with E-state index >= 15 is 0 Å². The molecule has 4 rings (SSSR count). The molecule has 0 saturated heterocycles. The summed E-state index contributed by atoms with van der Waals surface area (Å²) in [6.45, 7) is 6.85. The Balaban J connectivity index is 1.75. The first-order valence-corrected chi connectivity index (χ1v) is 10.1. The highest BCUT2D eigenvalue weighted by Gasteiger charge is 2.30. The van der Waals surface area contributed by atoms with Crippen molar-refractivity contribution in [1.82, 2.24) is 4.98 Å². The lowest BCUT2D eigenvalue weighted by Crippen LogP contribution is -2.27. The summed E-state index contributed by atoms with van der Waals surface area (Å²) in [6, 6.07) is 7.70. The molecule has 0 fully saturated rings. The lowest BCUT2D eigenvalue weighted by Gasteiger charge is -2.34. The van der Waals surface area contributed by atoms with Crippen LogP contribution in [0.5, 0.6) is 0 Å². The Morgan fingerprint density at radius 3 is 2.63 bits per heavy atom. The summed E-state index contributed by atoms with van der Waals surface area (Å²) >= 11 is 1.33. The van der Waals surface area contributed by atoms with Crippen LogP contribution in [0.1, 0.15) is 53.7 Å². The van der Waals surface area contributed by atoms with Crippen LogP contribution in [0.2, 0.25) is 0 Å². The number of rotatable bonds is 2. The SMILES string of the molecule is CC(C)(C)C1CCc2nc3sc(C(=O)c4ccc(F)cc4)c(N)c3cc2C1. The van der Waals surface area contributed by atoms with Gasteiger partial charge in [0.15, 0.2) is 0 Å². The fraction of sp³-hybridized carbons (Fsp3) is 0.364. The zero-order valence-electron chi connectivity index (χ0n) is 15.8. The highest BCUT2D eigenvalue weighted by Crippen LogP contribution is 2.40. The Bertz CT molecular complexity index is 1030. The van der Waals surface area contributed by atoms with Crippen LogP contribution < -0.4 is 5.73 Å². The number of aryl methyl sites for hydroxylation is 1. The van der Waals surface area contributed by atoms with Crippen molar-refractivity contribution in [2.45, 2.75) is 40.0 Å². The third-order valence-corrected chi connectivity index (χ3v) is 6.74. The number of nitrogens with two attached hydrogens (primary N) is 1. The first-order valence-electron chi connectivity index (χ1n) is 9.25. The first kappa shape index (κ1) is 18.1. The average molecular weight is 383 g/mol. The number of halogens is 1. The summed E-state index contributed by atoms with van der Waals surface area (Å²) in [5.41, 5.74) is 9.90. The van der Waals surface area contributed by atoms with Crippen molar-refractivity contribution in [3.05, 3.63) is 57.8 Å². The third-order valence-electron chi connectivity index (χ3n) is 5.62. The van der Waals surface area contributed by atoms with E-state index in [1.165, 1.54) is 41.2 Å². The quantitative estimate of drug-likeness (QED) is 0.604. The summed E-state index contributed by atoms with van der Waals surface area (Å²) in [6.07, 6.45) is 3.10. The van der Waals surface area contributed by atoms with Crippen molar-refractivity contribution in [3.8, 4) is 0 Å². The number of pyridine rings is 1. The molecule has 2 heterocycles. The number of fused-ring (bicyclic) bond motifs is 2. The van der Waals surface area contributed by atoms with Gasteiger partial charge in [0.05, 0.1) is 5.69 Å². The summed E-state index contributed by atoms with van der Waals surface area (Å²) in [5, 5.41) is 0.860. The van der Waals surface area contributed by atoms with Crippen LogP contribution in [0.25, 0.3) is 10.2 Å². The lowest BCUT2D eigenvalue weighted by molar-refractivity contribution is 0.104. The molecule has 0 aliphatic heterocycles. The van der Waals surface area contributed by atoms with E-state index in [0.717, 1.165) is 35.2 Å². The van der Waals surface area contributed by atoms with Crippen molar-refractivity contribution in [1.29, 1.82) is 0 Å². The van der Waals surface area contributed by atoms with Crippen molar-refractivity contribution in [3.63, 3.8) is 0 Å². The fourth-order valence-electron chi connectivity index (χ4n) is 3.83.